The fraction of sp³-hybridized carbons (Fsp3) is 0.182. The fourth-order valence-corrected chi connectivity index (χ4v) is 1.90. The number of halogens is 1. The van der Waals surface area contributed by atoms with Crippen LogP contribution in [0.4, 0.5) is 5.82 Å². The van der Waals surface area contributed by atoms with E-state index in [1.165, 1.54) is 6.92 Å². The van der Waals surface area contributed by atoms with Gasteiger partial charge in [-0.05, 0) is 22.0 Å². The highest BCUT2D eigenvalue weighted by molar-refractivity contribution is 9.10. The molecule has 0 unspecified atom stereocenters. The van der Waals surface area contributed by atoms with Crippen LogP contribution in [0.25, 0.3) is 11.3 Å². The van der Waals surface area contributed by atoms with Crippen LogP contribution in [0.15, 0.2) is 29.0 Å². The third kappa shape index (κ3) is 2.71. The molecule has 88 valence electrons. The first-order chi connectivity index (χ1) is 8.06. The molecule has 0 radical (unpaired) electrons. The summed E-state index contributed by atoms with van der Waals surface area (Å²) in [6, 6.07) is 3.76. The van der Waals surface area contributed by atoms with Gasteiger partial charge in [0.05, 0.1) is 5.69 Å². The second-order valence-corrected chi connectivity index (χ2v) is 4.53. The molecule has 1 N–H and O–H groups in total. The monoisotopic (exact) mass is 294 g/mol. The summed E-state index contributed by atoms with van der Waals surface area (Å²) < 4.78 is 2.60. The van der Waals surface area contributed by atoms with Crippen LogP contribution in [-0.2, 0) is 11.8 Å². The summed E-state index contributed by atoms with van der Waals surface area (Å²) in [6.07, 6.45) is 3.47. The van der Waals surface area contributed by atoms with E-state index in [-0.39, 0.29) is 5.91 Å². The first-order valence-corrected chi connectivity index (χ1v) is 5.78. The molecule has 2 aromatic heterocycles. The van der Waals surface area contributed by atoms with Crippen LogP contribution in [-0.4, -0.2) is 20.7 Å². The molecular weight excluding hydrogens is 284 g/mol. The molecule has 0 saturated heterocycles. The van der Waals surface area contributed by atoms with Gasteiger partial charge in [0.25, 0.3) is 0 Å². The quantitative estimate of drug-likeness (QED) is 0.924. The lowest BCUT2D eigenvalue weighted by Gasteiger charge is -2.00. The molecule has 0 spiro atoms. The molecule has 2 heterocycles. The maximum absolute atomic E-state index is 10.9. The fourth-order valence-electron chi connectivity index (χ4n) is 1.53. The van der Waals surface area contributed by atoms with E-state index in [0.29, 0.717) is 5.82 Å². The predicted octanol–water partition coefficient (Wildman–Crippen LogP) is 2.20. The number of hydrogen-bond acceptors (Lipinski definition) is 3. The zero-order chi connectivity index (χ0) is 12.4. The smallest absolute Gasteiger partial charge is 0.222 e. The van der Waals surface area contributed by atoms with E-state index in [0.717, 1.165) is 15.7 Å². The van der Waals surface area contributed by atoms with Crippen LogP contribution in [0.2, 0.25) is 0 Å². The molecule has 0 atom stereocenters. The standard InChI is InChI=1S/C11H11BrN4O/c1-7(17)14-11-4-10(16(2)15-11)8-3-9(12)6-13-5-8/h3-6H,1-2H3,(H,14,15,17). The van der Waals surface area contributed by atoms with Gasteiger partial charge in [0.15, 0.2) is 5.82 Å². The summed E-state index contributed by atoms with van der Waals surface area (Å²) in [5, 5.41) is 6.85. The zero-order valence-corrected chi connectivity index (χ0v) is 11.0. The number of amides is 1. The lowest BCUT2D eigenvalue weighted by Crippen LogP contribution is -2.06. The second-order valence-electron chi connectivity index (χ2n) is 3.61. The minimum atomic E-state index is -0.137. The normalized spacial score (nSPS) is 10.3. The van der Waals surface area contributed by atoms with Crippen molar-refractivity contribution in [3.63, 3.8) is 0 Å². The van der Waals surface area contributed by atoms with E-state index in [1.54, 1.807) is 17.1 Å². The molecule has 0 aliphatic rings. The average Bonchev–Trinajstić information content (AvgIpc) is 2.58. The van der Waals surface area contributed by atoms with Crippen LogP contribution < -0.4 is 5.32 Å². The molecule has 0 bridgehead atoms. The van der Waals surface area contributed by atoms with Crippen molar-refractivity contribution in [2.45, 2.75) is 6.92 Å². The maximum Gasteiger partial charge on any atom is 0.222 e. The first kappa shape index (κ1) is 11.8. The van der Waals surface area contributed by atoms with Crippen LogP contribution in [0.3, 0.4) is 0 Å². The molecule has 5 nitrogen and oxygen atoms in total. The molecular formula is C11H11BrN4O. The number of rotatable bonds is 2. The average molecular weight is 295 g/mol. The van der Waals surface area contributed by atoms with Crippen LogP contribution >= 0.6 is 15.9 Å². The molecule has 0 aliphatic carbocycles. The van der Waals surface area contributed by atoms with E-state index in [1.807, 2.05) is 19.2 Å². The van der Waals surface area contributed by atoms with Gasteiger partial charge in [-0.15, -0.1) is 0 Å². The lowest BCUT2D eigenvalue weighted by molar-refractivity contribution is -0.114. The van der Waals surface area contributed by atoms with Crippen LogP contribution in [0.1, 0.15) is 6.92 Å². The Morgan fingerprint density at radius 2 is 2.18 bits per heavy atom. The largest absolute Gasteiger partial charge is 0.309 e. The van der Waals surface area contributed by atoms with Gasteiger partial charge in [-0.3, -0.25) is 14.5 Å². The first-order valence-electron chi connectivity index (χ1n) is 4.99. The van der Waals surface area contributed by atoms with E-state index in [2.05, 4.69) is 31.3 Å². The molecule has 0 fully saturated rings. The van der Waals surface area contributed by atoms with E-state index in [4.69, 9.17) is 0 Å². The highest BCUT2D eigenvalue weighted by Gasteiger charge is 2.08. The van der Waals surface area contributed by atoms with Gasteiger partial charge in [0.2, 0.25) is 5.91 Å². The van der Waals surface area contributed by atoms with Crippen molar-refractivity contribution >= 4 is 27.7 Å². The van der Waals surface area contributed by atoms with Gasteiger partial charge in [-0.2, -0.15) is 5.10 Å². The van der Waals surface area contributed by atoms with Crippen molar-refractivity contribution in [3.05, 3.63) is 29.0 Å². The Morgan fingerprint density at radius 3 is 2.82 bits per heavy atom. The number of nitrogens with one attached hydrogen (secondary N) is 1. The third-order valence-electron chi connectivity index (χ3n) is 2.18. The Hall–Kier alpha value is -1.69. The summed E-state index contributed by atoms with van der Waals surface area (Å²) >= 11 is 3.37. The van der Waals surface area contributed by atoms with Crippen molar-refractivity contribution < 1.29 is 4.79 Å². The Bertz CT molecular complexity index is 564. The molecule has 0 saturated carbocycles. The lowest BCUT2D eigenvalue weighted by atomic mass is 10.2. The van der Waals surface area contributed by atoms with E-state index in [9.17, 15) is 4.79 Å². The van der Waals surface area contributed by atoms with E-state index >= 15 is 0 Å². The van der Waals surface area contributed by atoms with Crippen LogP contribution in [0.5, 0.6) is 0 Å². The van der Waals surface area contributed by atoms with Gasteiger partial charge in [0, 0.05) is 42.5 Å². The molecule has 0 aromatic carbocycles. The van der Waals surface area contributed by atoms with Crippen molar-refractivity contribution in [3.8, 4) is 11.3 Å². The number of carbonyl (C=O) groups is 1. The number of aryl methyl sites for hydroxylation is 1. The van der Waals surface area contributed by atoms with Crippen molar-refractivity contribution in [2.75, 3.05) is 5.32 Å². The minimum Gasteiger partial charge on any atom is -0.309 e. The number of nitrogens with zero attached hydrogens (tertiary/aromatic N) is 3. The number of carbonyl (C=O) groups excluding carboxylic acids is 1. The number of anilines is 1. The van der Waals surface area contributed by atoms with Crippen LogP contribution in [0, 0.1) is 0 Å². The highest BCUT2D eigenvalue weighted by Crippen LogP contribution is 2.23. The Balaban J connectivity index is 2.39. The number of aromatic nitrogens is 3. The third-order valence-corrected chi connectivity index (χ3v) is 2.62. The van der Waals surface area contributed by atoms with Gasteiger partial charge in [-0.25, -0.2) is 0 Å². The number of hydrogen-bond donors (Lipinski definition) is 1. The molecule has 1 amide bonds. The summed E-state index contributed by atoms with van der Waals surface area (Å²) in [5.41, 5.74) is 1.83. The summed E-state index contributed by atoms with van der Waals surface area (Å²) in [7, 11) is 1.82. The summed E-state index contributed by atoms with van der Waals surface area (Å²) in [6.45, 7) is 1.45. The maximum atomic E-state index is 10.9. The number of pyridine rings is 1. The van der Waals surface area contributed by atoms with Crippen molar-refractivity contribution in [2.24, 2.45) is 7.05 Å². The molecule has 0 aliphatic heterocycles. The van der Waals surface area contributed by atoms with Gasteiger partial charge in [-0.1, -0.05) is 0 Å². The highest BCUT2D eigenvalue weighted by atomic mass is 79.9. The zero-order valence-electron chi connectivity index (χ0n) is 9.44. The Labute approximate surface area is 107 Å². The van der Waals surface area contributed by atoms with Crippen molar-refractivity contribution in [1.82, 2.24) is 14.8 Å². The predicted molar refractivity (Wildman–Crippen MR) is 68.4 cm³/mol. The summed E-state index contributed by atoms with van der Waals surface area (Å²) in [5.74, 6) is 0.400. The van der Waals surface area contributed by atoms with Gasteiger partial charge >= 0.3 is 0 Å². The Kier molecular flexibility index (Phi) is 3.23. The molecule has 2 aromatic rings. The van der Waals surface area contributed by atoms with Crippen molar-refractivity contribution in [1.29, 1.82) is 0 Å². The molecule has 6 heteroatoms. The molecule has 2 rings (SSSR count). The van der Waals surface area contributed by atoms with E-state index < -0.39 is 0 Å². The summed E-state index contributed by atoms with van der Waals surface area (Å²) in [4.78, 5) is 15.0. The second kappa shape index (κ2) is 4.67. The minimum absolute atomic E-state index is 0.137. The Morgan fingerprint density at radius 1 is 1.41 bits per heavy atom. The molecule has 17 heavy (non-hydrogen) atoms. The SMILES string of the molecule is CC(=O)Nc1cc(-c2cncc(Br)c2)n(C)n1. The van der Waals surface area contributed by atoms with Gasteiger partial charge in [0.1, 0.15) is 0 Å². The topological polar surface area (TPSA) is 59.8 Å². The van der Waals surface area contributed by atoms with Gasteiger partial charge < -0.3 is 5.32 Å².